The molecule has 0 aromatic carbocycles. The monoisotopic (exact) mass is 283 g/mol. The smallest absolute Gasteiger partial charge is 0.325 e. The average Bonchev–Trinajstić information content (AvgIpc) is 2.42. The van der Waals surface area contributed by atoms with Gasteiger partial charge in [0.2, 0.25) is 5.91 Å². The Morgan fingerprint density at radius 2 is 2.11 bits per heavy atom. The number of rotatable bonds is 3. The van der Waals surface area contributed by atoms with E-state index in [1.807, 2.05) is 11.8 Å². The Bertz CT molecular complexity index is 560. The molecule has 1 amide bonds. The number of hydrogen-bond acceptors (Lipinski definition) is 4. The first-order chi connectivity index (χ1) is 9.08. The van der Waals surface area contributed by atoms with Gasteiger partial charge >= 0.3 is 5.69 Å². The lowest BCUT2D eigenvalue weighted by Gasteiger charge is -2.31. The molecule has 0 bridgehead atoms. The van der Waals surface area contributed by atoms with Gasteiger partial charge in [-0.05, 0) is 24.3 Å². The maximum atomic E-state index is 12.1. The number of hydrogen-bond donors (Lipinski definition) is 2. The van der Waals surface area contributed by atoms with E-state index in [2.05, 4.69) is 9.97 Å². The molecule has 0 atom stereocenters. The van der Waals surface area contributed by atoms with Gasteiger partial charge in [0, 0.05) is 24.8 Å². The molecule has 2 heterocycles. The molecule has 1 aromatic rings. The highest BCUT2D eigenvalue weighted by Crippen LogP contribution is 2.21. The number of likely N-dealkylation sites (N-methyl/N-ethyl adjacent to an activating group) is 1. The first kappa shape index (κ1) is 13.9. The summed E-state index contributed by atoms with van der Waals surface area (Å²) in [5.41, 5.74) is -0.759. The van der Waals surface area contributed by atoms with Crippen LogP contribution in [-0.2, 0) is 11.2 Å². The van der Waals surface area contributed by atoms with E-state index in [4.69, 9.17) is 0 Å². The van der Waals surface area contributed by atoms with Crippen LogP contribution in [0.4, 0.5) is 0 Å². The second-order valence-corrected chi connectivity index (χ2v) is 5.85. The van der Waals surface area contributed by atoms with Crippen LogP contribution in [0, 0.1) is 0 Å². The molecule has 0 aliphatic carbocycles. The van der Waals surface area contributed by atoms with Crippen LogP contribution >= 0.6 is 11.8 Å². The highest BCUT2D eigenvalue weighted by atomic mass is 32.2. The molecule has 104 valence electrons. The molecule has 1 aliphatic heterocycles. The topological polar surface area (TPSA) is 86.0 Å². The molecular weight excluding hydrogens is 266 g/mol. The van der Waals surface area contributed by atoms with Crippen molar-refractivity contribution in [3.8, 4) is 0 Å². The largest absolute Gasteiger partial charge is 0.342 e. The van der Waals surface area contributed by atoms with Gasteiger partial charge in [-0.2, -0.15) is 11.8 Å². The lowest BCUT2D eigenvalue weighted by molar-refractivity contribution is -0.131. The Hall–Kier alpha value is -1.50. The molecule has 1 aliphatic rings. The van der Waals surface area contributed by atoms with Crippen molar-refractivity contribution in [3.05, 3.63) is 32.6 Å². The lowest BCUT2D eigenvalue weighted by Crippen LogP contribution is -2.41. The van der Waals surface area contributed by atoms with Crippen molar-refractivity contribution in [1.29, 1.82) is 0 Å². The second kappa shape index (κ2) is 6.10. The first-order valence-electron chi connectivity index (χ1n) is 6.22. The van der Waals surface area contributed by atoms with E-state index < -0.39 is 11.2 Å². The second-order valence-electron chi connectivity index (χ2n) is 4.62. The Balaban J connectivity index is 2.03. The molecule has 7 heteroatoms. The molecule has 0 saturated carbocycles. The van der Waals surface area contributed by atoms with E-state index in [1.54, 1.807) is 11.9 Å². The van der Waals surface area contributed by atoms with Gasteiger partial charge in [-0.25, -0.2) is 4.79 Å². The van der Waals surface area contributed by atoms with Gasteiger partial charge < -0.3 is 9.88 Å². The Labute approximate surface area is 114 Å². The standard InChI is InChI=1S/C12H17N3O3S/c1-15(9-2-4-19-5-3-9)10(16)6-8-7-13-12(18)14-11(8)17/h7,9H,2-6H2,1H3,(H2,13,14,17,18). The third kappa shape index (κ3) is 3.50. The maximum Gasteiger partial charge on any atom is 0.325 e. The highest BCUT2D eigenvalue weighted by molar-refractivity contribution is 7.99. The van der Waals surface area contributed by atoms with Crippen LogP contribution in [0.3, 0.4) is 0 Å². The molecule has 0 unspecified atom stereocenters. The zero-order valence-electron chi connectivity index (χ0n) is 10.8. The summed E-state index contributed by atoms with van der Waals surface area (Å²) in [6.45, 7) is 0. The van der Waals surface area contributed by atoms with Crippen molar-refractivity contribution in [2.45, 2.75) is 25.3 Å². The number of nitrogens with zero attached hydrogens (tertiary/aromatic N) is 1. The van der Waals surface area contributed by atoms with Crippen molar-refractivity contribution in [3.63, 3.8) is 0 Å². The fourth-order valence-corrected chi connectivity index (χ4v) is 3.21. The predicted octanol–water partition coefficient (Wildman–Crippen LogP) is -0.0403. The van der Waals surface area contributed by atoms with E-state index in [0.29, 0.717) is 5.56 Å². The molecule has 1 saturated heterocycles. The van der Waals surface area contributed by atoms with Crippen molar-refractivity contribution >= 4 is 17.7 Å². The number of carbonyl (C=O) groups excluding carboxylic acids is 1. The molecule has 0 radical (unpaired) electrons. The number of amides is 1. The van der Waals surface area contributed by atoms with Crippen molar-refractivity contribution in [2.75, 3.05) is 18.6 Å². The van der Waals surface area contributed by atoms with E-state index in [-0.39, 0.29) is 18.4 Å². The van der Waals surface area contributed by atoms with E-state index in [0.717, 1.165) is 24.3 Å². The summed E-state index contributed by atoms with van der Waals surface area (Å²) in [5, 5.41) is 0. The van der Waals surface area contributed by atoms with E-state index in [1.165, 1.54) is 6.20 Å². The third-order valence-electron chi connectivity index (χ3n) is 3.37. The van der Waals surface area contributed by atoms with Gasteiger partial charge in [0.15, 0.2) is 0 Å². The zero-order chi connectivity index (χ0) is 13.8. The van der Waals surface area contributed by atoms with Crippen molar-refractivity contribution in [1.82, 2.24) is 14.9 Å². The number of H-pyrrole nitrogens is 2. The summed E-state index contributed by atoms with van der Waals surface area (Å²) >= 11 is 1.90. The van der Waals surface area contributed by atoms with Crippen LogP contribution in [0.15, 0.2) is 15.8 Å². The molecule has 19 heavy (non-hydrogen) atoms. The Morgan fingerprint density at radius 1 is 1.42 bits per heavy atom. The van der Waals surface area contributed by atoms with Crippen LogP contribution in [0.1, 0.15) is 18.4 Å². The van der Waals surface area contributed by atoms with Gasteiger partial charge in [-0.1, -0.05) is 0 Å². The number of aromatic amines is 2. The van der Waals surface area contributed by atoms with Crippen molar-refractivity contribution in [2.24, 2.45) is 0 Å². The minimum atomic E-state index is -0.557. The van der Waals surface area contributed by atoms with Crippen LogP contribution in [-0.4, -0.2) is 45.4 Å². The molecule has 0 spiro atoms. The van der Waals surface area contributed by atoms with Gasteiger partial charge in [0.05, 0.1) is 6.42 Å². The molecular formula is C12H17N3O3S. The summed E-state index contributed by atoms with van der Waals surface area (Å²) in [6, 6.07) is 0.260. The summed E-state index contributed by atoms with van der Waals surface area (Å²) in [7, 11) is 1.78. The quantitative estimate of drug-likeness (QED) is 0.815. The lowest BCUT2D eigenvalue weighted by atomic mass is 10.1. The van der Waals surface area contributed by atoms with Gasteiger partial charge in [-0.3, -0.25) is 14.6 Å². The first-order valence-corrected chi connectivity index (χ1v) is 7.37. The number of aromatic nitrogens is 2. The van der Waals surface area contributed by atoms with Gasteiger partial charge in [0.1, 0.15) is 0 Å². The fraction of sp³-hybridized carbons (Fsp3) is 0.583. The van der Waals surface area contributed by atoms with Gasteiger partial charge in [0.25, 0.3) is 5.56 Å². The number of nitrogens with one attached hydrogen (secondary N) is 2. The summed E-state index contributed by atoms with van der Waals surface area (Å²) in [4.78, 5) is 40.8. The molecule has 1 aromatic heterocycles. The van der Waals surface area contributed by atoms with Crippen LogP contribution in [0.5, 0.6) is 0 Å². The minimum absolute atomic E-state index is 0.0201. The van der Waals surface area contributed by atoms with Gasteiger partial charge in [-0.15, -0.1) is 0 Å². The molecule has 2 N–H and O–H groups in total. The molecule has 1 fully saturated rings. The van der Waals surface area contributed by atoms with Crippen LogP contribution in [0.2, 0.25) is 0 Å². The number of thioether (sulfide) groups is 1. The summed E-state index contributed by atoms with van der Waals surface area (Å²) in [5.74, 6) is 2.05. The van der Waals surface area contributed by atoms with E-state index >= 15 is 0 Å². The summed E-state index contributed by atoms with van der Waals surface area (Å²) < 4.78 is 0. The third-order valence-corrected chi connectivity index (χ3v) is 4.42. The predicted molar refractivity (Wildman–Crippen MR) is 74.5 cm³/mol. The molecule has 2 rings (SSSR count). The zero-order valence-corrected chi connectivity index (χ0v) is 11.6. The minimum Gasteiger partial charge on any atom is -0.342 e. The van der Waals surface area contributed by atoms with Crippen LogP contribution in [0.25, 0.3) is 0 Å². The maximum absolute atomic E-state index is 12.1. The SMILES string of the molecule is CN(C(=O)Cc1c[nH]c(=O)[nH]c1=O)C1CCSCC1. The van der Waals surface area contributed by atoms with Crippen LogP contribution < -0.4 is 11.2 Å². The average molecular weight is 283 g/mol. The van der Waals surface area contributed by atoms with E-state index in [9.17, 15) is 14.4 Å². The molecule has 6 nitrogen and oxygen atoms in total. The number of carbonyl (C=O) groups is 1. The fourth-order valence-electron chi connectivity index (χ4n) is 2.13. The Morgan fingerprint density at radius 3 is 2.74 bits per heavy atom. The van der Waals surface area contributed by atoms with Crippen molar-refractivity contribution < 1.29 is 4.79 Å². The highest BCUT2D eigenvalue weighted by Gasteiger charge is 2.22. The summed E-state index contributed by atoms with van der Waals surface area (Å²) in [6.07, 6.45) is 3.32. The normalized spacial score (nSPS) is 16.3. The Kier molecular flexibility index (Phi) is 4.47.